The fraction of sp³-hybridized carbons (Fsp3) is 0.133. The monoisotopic (exact) mass is 495 g/mol. The zero-order chi connectivity index (χ0) is 15.1. The summed E-state index contributed by atoms with van der Waals surface area (Å²) in [6, 6.07) is 9.69. The van der Waals surface area contributed by atoms with Crippen LogP contribution in [0.25, 0.3) is 0 Å². The molecule has 1 atom stereocenters. The summed E-state index contributed by atoms with van der Waals surface area (Å²) in [6.45, 7) is 0. The predicted octanol–water partition coefficient (Wildman–Crippen LogP) is 5.58. The number of benzene rings is 2. The molecule has 1 aliphatic rings. The fourth-order valence-electron chi connectivity index (χ4n) is 2.31. The Bertz CT molecular complexity index is 751. The van der Waals surface area contributed by atoms with Gasteiger partial charge in [0, 0.05) is 14.3 Å². The topological polar surface area (TPSA) is 29.1 Å². The molecule has 0 bridgehead atoms. The molecule has 1 amide bonds. The summed E-state index contributed by atoms with van der Waals surface area (Å²) in [5.41, 5.74) is 3.73. The molecule has 0 aromatic heterocycles. The first-order valence-corrected chi connectivity index (χ1v) is 8.92. The lowest BCUT2D eigenvalue weighted by Crippen LogP contribution is -2.03. The van der Waals surface area contributed by atoms with E-state index in [1.165, 1.54) is 0 Å². The molecule has 1 heterocycles. The highest BCUT2D eigenvalue weighted by Crippen LogP contribution is 2.40. The van der Waals surface area contributed by atoms with Gasteiger partial charge in [0.1, 0.15) is 0 Å². The van der Waals surface area contributed by atoms with Gasteiger partial charge in [-0.1, -0.05) is 51.3 Å². The third kappa shape index (κ3) is 3.09. The van der Waals surface area contributed by atoms with Crippen molar-refractivity contribution >= 4 is 73.3 Å². The number of halogens is 4. The predicted molar refractivity (Wildman–Crippen MR) is 98.7 cm³/mol. The van der Waals surface area contributed by atoms with E-state index >= 15 is 0 Å². The van der Waals surface area contributed by atoms with E-state index in [-0.39, 0.29) is 10.7 Å². The van der Waals surface area contributed by atoms with Crippen LogP contribution >= 0.6 is 61.7 Å². The largest absolute Gasteiger partial charge is 0.325 e. The van der Waals surface area contributed by atoms with Crippen molar-refractivity contribution in [3.63, 3.8) is 0 Å². The fourth-order valence-corrected chi connectivity index (χ4v) is 3.90. The van der Waals surface area contributed by atoms with Crippen LogP contribution in [0.3, 0.4) is 0 Å². The highest BCUT2D eigenvalue weighted by Gasteiger charge is 2.22. The highest BCUT2D eigenvalue weighted by atomic mass is 127. The van der Waals surface area contributed by atoms with Crippen LogP contribution in [0.1, 0.15) is 21.5 Å². The van der Waals surface area contributed by atoms with Gasteiger partial charge in [0.25, 0.3) is 0 Å². The third-order valence-electron chi connectivity index (χ3n) is 3.36. The van der Waals surface area contributed by atoms with Crippen LogP contribution in [0, 0.1) is 3.57 Å². The lowest BCUT2D eigenvalue weighted by Gasteiger charge is -2.15. The van der Waals surface area contributed by atoms with E-state index in [9.17, 15) is 4.79 Å². The SMILES string of the molecule is O=C1Cc2cc(C(Br)c3ccc(I)c(Cl)c3)c(Cl)cc2N1. The van der Waals surface area contributed by atoms with Crippen molar-refractivity contribution in [1.82, 2.24) is 0 Å². The van der Waals surface area contributed by atoms with Crippen molar-refractivity contribution in [3.05, 3.63) is 60.6 Å². The Morgan fingerprint density at radius 3 is 2.67 bits per heavy atom. The molecule has 2 aromatic rings. The molecule has 0 fully saturated rings. The number of alkyl halides is 1. The van der Waals surface area contributed by atoms with E-state index in [2.05, 4.69) is 43.8 Å². The van der Waals surface area contributed by atoms with E-state index in [4.69, 9.17) is 23.2 Å². The number of amides is 1. The minimum absolute atomic E-state index is 0.00153. The lowest BCUT2D eigenvalue weighted by atomic mass is 10.0. The van der Waals surface area contributed by atoms with E-state index < -0.39 is 0 Å². The van der Waals surface area contributed by atoms with Gasteiger partial charge in [0.05, 0.1) is 16.3 Å². The number of fused-ring (bicyclic) bond motifs is 1. The number of carbonyl (C=O) groups excluding carboxylic acids is 1. The van der Waals surface area contributed by atoms with Crippen molar-refractivity contribution < 1.29 is 4.79 Å². The van der Waals surface area contributed by atoms with Crippen LogP contribution in [0.5, 0.6) is 0 Å². The molecular formula is C15H9BrCl2INO. The molecule has 1 N–H and O–H groups in total. The molecule has 0 aliphatic carbocycles. The molecule has 6 heteroatoms. The number of carbonyl (C=O) groups is 1. The molecule has 2 aromatic carbocycles. The minimum Gasteiger partial charge on any atom is -0.325 e. The summed E-state index contributed by atoms with van der Waals surface area (Å²) < 4.78 is 1.01. The second-order valence-electron chi connectivity index (χ2n) is 4.79. The van der Waals surface area contributed by atoms with Crippen LogP contribution in [0.15, 0.2) is 30.3 Å². The quantitative estimate of drug-likeness (QED) is 0.427. The van der Waals surface area contributed by atoms with E-state index in [1.807, 2.05) is 24.3 Å². The van der Waals surface area contributed by atoms with E-state index in [1.54, 1.807) is 6.07 Å². The van der Waals surface area contributed by atoms with Gasteiger partial charge in [0.15, 0.2) is 0 Å². The molecular weight excluding hydrogens is 488 g/mol. The van der Waals surface area contributed by atoms with E-state index in [0.29, 0.717) is 16.5 Å². The number of hydrogen-bond acceptors (Lipinski definition) is 1. The Labute approximate surface area is 154 Å². The normalized spacial score (nSPS) is 14.8. The van der Waals surface area contributed by atoms with Crippen LogP contribution in [0.4, 0.5) is 5.69 Å². The first kappa shape index (κ1) is 15.6. The number of hydrogen-bond donors (Lipinski definition) is 1. The van der Waals surface area contributed by atoms with Crippen molar-refractivity contribution in [3.8, 4) is 0 Å². The molecule has 2 nitrogen and oxygen atoms in total. The second kappa shape index (κ2) is 6.07. The number of rotatable bonds is 2. The lowest BCUT2D eigenvalue weighted by molar-refractivity contribution is -0.115. The van der Waals surface area contributed by atoms with Crippen molar-refractivity contribution in [1.29, 1.82) is 0 Å². The Balaban J connectivity index is 2.02. The average molecular weight is 497 g/mol. The van der Waals surface area contributed by atoms with Crippen LogP contribution < -0.4 is 5.32 Å². The molecule has 1 unspecified atom stereocenters. The van der Waals surface area contributed by atoms with Crippen LogP contribution in [-0.2, 0) is 11.2 Å². The summed E-state index contributed by atoms with van der Waals surface area (Å²) in [5, 5.41) is 4.13. The van der Waals surface area contributed by atoms with Gasteiger partial charge in [-0.05, 0) is 57.5 Å². The summed E-state index contributed by atoms with van der Waals surface area (Å²) in [7, 11) is 0. The van der Waals surface area contributed by atoms with Crippen molar-refractivity contribution in [2.45, 2.75) is 11.2 Å². The molecule has 0 saturated carbocycles. The molecule has 0 saturated heterocycles. The molecule has 108 valence electrons. The van der Waals surface area contributed by atoms with Crippen molar-refractivity contribution in [2.24, 2.45) is 0 Å². The molecule has 21 heavy (non-hydrogen) atoms. The standard InChI is InChI=1S/C15H9BrCl2INO/c16-15(7-1-2-12(19)11(18)4-7)9-3-8-5-14(21)20-13(8)6-10(9)17/h1-4,6,15H,5H2,(H,20,21). The van der Waals surface area contributed by atoms with Gasteiger partial charge in [-0.25, -0.2) is 0 Å². The summed E-state index contributed by atoms with van der Waals surface area (Å²) in [5.74, 6) is 0.00153. The van der Waals surface area contributed by atoms with Gasteiger partial charge in [-0.2, -0.15) is 0 Å². The van der Waals surface area contributed by atoms with Gasteiger partial charge in [-0.15, -0.1) is 0 Å². The summed E-state index contributed by atoms with van der Waals surface area (Å²) in [4.78, 5) is 11.4. The third-order valence-corrected chi connectivity index (χ3v) is 6.28. The van der Waals surface area contributed by atoms with Gasteiger partial charge >= 0.3 is 0 Å². The smallest absolute Gasteiger partial charge is 0.228 e. The molecule has 1 aliphatic heterocycles. The highest BCUT2D eigenvalue weighted by molar-refractivity contribution is 14.1. The van der Waals surface area contributed by atoms with Crippen LogP contribution in [-0.4, -0.2) is 5.91 Å². The molecule has 0 radical (unpaired) electrons. The van der Waals surface area contributed by atoms with Crippen LogP contribution in [0.2, 0.25) is 10.0 Å². The van der Waals surface area contributed by atoms with E-state index in [0.717, 1.165) is 25.9 Å². The number of nitrogens with one attached hydrogen (secondary N) is 1. The molecule has 0 spiro atoms. The summed E-state index contributed by atoms with van der Waals surface area (Å²) >= 11 is 18.4. The zero-order valence-electron chi connectivity index (χ0n) is 10.6. The van der Waals surface area contributed by atoms with Crippen molar-refractivity contribution in [2.75, 3.05) is 5.32 Å². The Hall–Kier alpha value is -0.300. The Kier molecular flexibility index (Phi) is 4.50. The Morgan fingerprint density at radius 1 is 1.19 bits per heavy atom. The zero-order valence-corrected chi connectivity index (χ0v) is 15.8. The van der Waals surface area contributed by atoms with Gasteiger partial charge in [-0.3, -0.25) is 4.79 Å². The maximum Gasteiger partial charge on any atom is 0.228 e. The maximum absolute atomic E-state index is 11.5. The second-order valence-corrected chi connectivity index (χ2v) is 7.68. The maximum atomic E-state index is 11.5. The van der Waals surface area contributed by atoms with Gasteiger partial charge < -0.3 is 5.32 Å². The van der Waals surface area contributed by atoms with Gasteiger partial charge in [0.2, 0.25) is 5.91 Å². The Morgan fingerprint density at radius 2 is 1.95 bits per heavy atom. The number of anilines is 1. The minimum atomic E-state index is -0.0690. The first-order valence-electron chi connectivity index (χ1n) is 6.17. The first-order chi connectivity index (χ1) is 9.95. The summed E-state index contributed by atoms with van der Waals surface area (Å²) in [6.07, 6.45) is 0.396. The molecule has 3 rings (SSSR count). The average Bonchev–Trinajstić information content (AvgIpc) is 2.79.